The minimum Gasteiger partial charge on any atom is -0.480 e. The van der Waals surface area contributed by atoms with Crippen LogP contribution in [0.3, 0.4) is 0 Å². The third kappa shape index (κ3) is 6.17. The van der Waals surface area contributed by atoms with Gasteiger partial charge in [-0.2, -0.15) is 0 Å². The zero-order valence-corrected chi connectivity index (χ0v) is 20.6. The number of carboxylic acids is 1. The summed E-state index contributed by atoms with van der Waals surface area (Å²) in [5, 5.41) is 11.9. The van der Waals surface area contributed by atoms with Gasteiger partial charge in [0.1, 0.15) is 6.04 Å². The molecule has 1 saturated heterocycles. The predicted octanol–water partition coefficient (Wildman–Crippen LogP) is 4.95. The Labute approximate surface area is 207 Å². The number of carboxylic acid groups (broad SMARTS) is 1. The average Bonchev–Trinajstić information content (AvgIpc) is 2.90. The molecule has 1 fully saturated rings. The molecule has 7 heteroatoms. The lowest BCUT2D eigenvalue weighted by molar-refractivity contribution is -0.147. The molecule has 4 rings (SSSR count). The zero-order valence-electron chi connectivity index (χ0n) is 19.7. The van der Waals surface area contributed by atoms with Crippen molar-refractivity contribution in [1.82, 2.24) is 9.42 Å². The summed E-state index contributed by atoms with van der Waals surface area (Å²) in [7, 11) is -4.04. The molecule has 1 unspecified atom stereocenters. The van der Waals surface area contributed by atoms with Crippen molar-refractivity contribution in [3.05, 3.63) is 102 Å². The Morgan fingerprint density at radius 3 is 2.00 bits per heavy atom. The van der Waals surface area contributed by atoms with Gasteiger partial charge in [0.15, 0.2) is 0 Å². The van der Waals surface area contributed by atoms with E-state index in [2.05, 4.69) is 12.1 Å². The van der Waals surface area contributed by atoms with E-state index in [1.165, 1.54) is 17.7 Å². The number of benzene rings is 3. The van der Waals surface area contributed by atoms with Crippen LogP contribution >= 0.6 is 0 Å². The Balaban J connectivity index is 1.57. The van der Waals surface area contributed by atoms with Crippen LogP contribution < -0.4 is 0 Å². The molecule has 0 saturated carbocycles. The highest BCUT2D eigenvalue weighted by atomic mass is 32.2. The highest BCUT2D eigenvalue weighted by molar-refractivity contribution is 7.89. The molecule has 1 aliphatic rings. The Bertz CT molecular complexity index is 1180. The number of hydrazine groups is 1. The first kappa shape index (κ1) is 25.1. The molecular formula is C28H32N2O4S. The quantitative estimate of drug-likeness (QED) is 0.433. The fraction of sp³-hybridized carbons (Fsp3) is 0.321. The normalized spacial score (nSPS) is 16.3. The average molecular weight is 493 g/mol. The van der Waals surface area contributed by atoms with Crippen molar-refractivity contribution in [3.8, 4) is 0 Å². The van der Waals surface area contributed by atoms with Gasteiger partial charge in [0.25, 0.3) is 10.0 Å². The standard InChI is InChI=1S/C28H32N2O4S/c31-28(32)27(18-10-13-23-11-4-1-5-12-23)30(35(33,34)26-16-8-3-9-17-26)29-21-19-25(20-22-29)24-14-6-2-7-15-24/h1-9,11-12,14-17,25,27H,10,13,18-22H2,(H,31,32). The van der Waals surface area contributed by atoms with Gasteiger partial charge in [0, 0.05) is 13.1 Å². The van der Waals surface area contributed by atoms with Crippen molar-refractivity contribution in [3.63, 3.8) is 0 Å². The van der Waals surface area contributed by atoms with Crippen LogP contribution in [-0.2, 0) is 21.2 Å². The third-order valence-electron chi connectivity index (χ3n) is 6.65. The highest BCUT2D eigenvalue weighted by Crippen LogP contribution is 2.32. The largest absolute Gasteiger partial charge is 0.480 e. The van der Waals surface area contributed by atoms with Crippen molar-refractivity contribution in [2.75, 3.05) is 13.1 Å². The van der Waals surface area contributed by atoms with E-state index in [-0.39, 0.29) is 11.3 Å². The number of aryl methyl sites for hydroxylation is 1. The van der Waals surface area contributed by atoms with Crippen LogP contribution in [0.2, 0.25) is 0 Å². The maximum absolute atomic E-state index is 13.8. The summed E-state index contributed by atoms with van der Waals surface area (Å²) in [5.41, 5.74) is 2.35. The number of aliphatic carboxylic acids is 1. The van der Waals surface area contributed by atoms with Crippen molar-refractivity contribution in [2.45, 2.75) is 49.0 Å². The number of nitrogens with zero attached hydrogens (tertiary/aromatic N) is 2. The van der Waals surface area contributed by atoms with Crippen LogP contribution in [0.5, 0.6) is 0 Å². The summed E-state index contributed by atoms with van der Waals surface area (Å²) in [4.78, 5) is 12.6. The van der Waals surface area contributed by atoms with Gasteiger partial charge >= 0.3 is 5.97 Å². The van der Waals surface area contributed by atoms with E-state index < -0.39 is 22.0 Å². The van der Waals surface area contributed by atoms with Crippen LogP contribution in [0, 0.1) is 0 Å². The molecule has 0 radical (unpaired) electrons. The summed E-state index contributed by atoms with van der Waals surface area (Å²) in [5.74, 6) is -0.794. The first-order valence-corrected chi connectivity index (χ1v) is 13.6. The van der Waals surface area contributed by atoms with E-state index in [0.29, 0.717) is 31.8 Å². The van der Waals surface area contributed by atoms with Gasteiger partial charge in [-0.05, 0) is 61.3 Å². The molecule has 1 aliphatic heterocycles. The first-order valence-electron chi connectivity index (χ1n) is 12.1. The van der Waals surface area contributed by atoms with Gasteiger partial charge < -0.3 is 5.11 Å². The monoisotopic (exact) mass is 492 g/mol. The molecule has 0 aromatic heterocycles. The van der Waals surface area contributed by atoms with Gasteiger partial charge in [-0.1, -0.05) is 78.9 Å². The molecule has 3 aromatic rings. The summed E-state index contributed by atoms with van der Waals surface area (Å²) in [6.45, 7) is 0.960. The van der Waals surface area contributed by atoms with Crippen LogP contribution in [0.15, 0.2) is 95.9 Å². The molecule has 0 amide bonds. The Kier molecular flexibility index (Phi) is 8.33. The van der Waals surface area contributed by atoms with Crippen molar-refractivity contribution in [1.29, 1.82) is 0 Å². The number of rotatable bonds is 10. The summed E-state index contributed by atoms with van der Waals surface area (Å²) in [6.07, 6.45) is 3.03. The van der Waals surface area contributed by atoms with E-state index in [0.717, 1.165) is 22.8 Å². The Morgan fingerprint density at radius 2 is 1.43 bits per heavy atom. The molecule has 3 aromatic carbocycles. The molecule has 0 spiro atoms. The summed E-state index contributed by atoms with van der Waals surface area (Å²) >= 11 is 0. The molecule has 0 bridgehead atoms. The fourth-order valence-electron chi connectivity index (χ4n) is 4.81. The van der Waals surface area contributed by atoms with Gasteiger partial charge in [-0.3, -0.25) is 4.79 Å². The minimum absolute atomic E-state index is 0.111. The van der Waals surface area contributed by atoms with E-state index in [1.54, 1.807) is 23.2 Å². The topological polar surface area (TPSA) is 77.9 Å². The summed E-state index contributed by atoms with van der Waals surface area (Å²) in [6, 6.07) is 27.0. The van der Waals surface area contributed by atoms with Gasteiger partial charge in [0.05, 0.1) is 4.90 Å². The molecule has 35 heavy (non-hydrogen) atoms. The maximum Gasteiger partial charge on any atom is 0.323 e. The van der Waals surface area contributed by atoms with Crippen LogP contribution in [0.4, 0.5) is 0 Å². The van der Waals surface area contributed by atoms with E-state index in [9.17, 15) is 18.3 Å². The summed E-state index contributed by atoms with van der Waals surface area (Å²) < 4.78 is 28.7. The van der Waals surface area contributed by atoms with Gasteiger partial charge in [0.2, 0.25) is 0 Å². The van der Waals surface area contributed by atoms with Crippen LogP contribution in [-0.4, -0.2) is 48.0 Å². The predicted molar refractivity (Wildman–Crippen MR) is 136 cm³/mol. The highest BCUT2D eigenvalue weighted by Gasteiger charge is 2.41. The van der Waals surface area contributed by atoms with Gasteiger partial charge in [-0.15, -0.1) is 4.41 Å². The lowest BCUT2D eigenvalue weighted by Gasteiger charge is -2.41. The zero-order chi connectivity index (χ0) is 24.7. The Hall–Kier alpha value is -3.00. The first-order chi connectivity index (χ1) is 17.0. The van der Waals surface area contributed by atoms with Gasteiger partial charge in [-0.25, -0.2) is 13.4 Å². The fourth-order valence-corrected chi connectivity index (χ4v) is 6.53. The molecule has 1 atom stereocenters. The molecule has 0 aliphatic carbocycles. The number of hydrogen-bond acceptors (Lipinski definition) is 4. The lowest BCUT2D eigenvalue weighted by atomic mass is 9.90. The number of hydrogen-bond donors (Lipinski definition) is 1. The number of piperidine rings is 1. The second kappa shape index (κ2) is 11.6. The molecular weight excluding hydrogens is 460 g/mol. The third-order valence-corrected chi connectivity index (χ3v) is 8.49. The second-order valence-electron chi connectivity index (χ2n) is 8.96. The molecule has 6 nitrogen and oxygen atoms in total. The van der Waals surface area contributed by atoms with Crippen molar-refractivity contribution >= 4 is 16.0 Å². The smallest absolute Gasteiger partial charge is 0.323 e. The van der Waals surface area contributed by atoms with Crippen LogP contribution in [0.25, 0.3) is 0 Å². The van der Waals surface area contributed by atoms with E-state index in [1.807, 2.05) is 48.5 Å². The minimum atomic E-state index is -4.04. The van der Waals surface area contributed by atoms with Crippen LogP contribution in [0.1, 0.15) is 42.7 Å². The maximum atomic E-state index is 13.8. The SMILES string of the molecule is O=C(O)C(CCCc1ccccc1)N(N1CCC(c2ccccc2)CC1)S(=O)(=O)c1ccccc1. The molecule has 184 valence electrons. The second-order valence-corrected chi connectivity index (χ2v) is 10.8. The Morgan fingerprint density at radius 1 is 0.886 bits per heavy atom. The molecule has 1 N–H and O–H groups in total. The number of sulfonamides is 1. The molecule has 1 heterocycles. The van der Waals surface area contributed by atoms with Crippen molar-refractivity contribution in [2.24, 2.45) is 0 Å². The van der Waals surface area contributed by atoms with Crippen molar-refractivity contribution < 1.29 is 18.3 Å². The number of carbonyl (C=O) groups is 1. The lowest BCUT2D eigenvalue weighted by Crippen LogP contribution is -2.56. The van der Waals surface area contributed by atoms with E-state index in [4.69, 9.17) is 0 Å². The van der Waals surface area contributed by atoms with E-state index >= 15 is 0 Å².